The molecule has 1 aromatic carbocycles. The lowest BCUT2D eigenvalue weighted by Crippen LogP contribution is -2.38. The Morgan fingerprint density at radius 1 is 1.25 bits per heavy atom. The first-order chi connectivity index (χ1) is 7.38. The molecule has 0 spiro atoms. The summed E-state index contributed by atoms with van der Waals surface area (Å²) in [5.74, 6) is -0.231. The third-order valence-electron chi connectivity index (χ3n) is 2.03. The summed E-state index contributed by atoms with van der Waals surface area (Å²) in [6, 6.07) is 4.64. The fourth-order valence-electron chi connectivity index (χ4n) is 1.27. The number of nitrogens with one attached hydrogen (secondary N) is 2. The number of hydrogen-bond acceptors (Lipinski definition) is 2. The predicted molar refractivity (Wildman–Crippen MR) is 70.3 cm³/mol. The zero-order chi connectivity index (χ0) is 12.2. The molecular weight excluding hydrogens is 271 g/mol. The third kappa shape index (κ3) is 4.94. The van der Waals surface area contributed by atoms with Gasteiger partial charge in [0.05, 0.1) is 0 Å². The van der Waals surface area contributed by atoms with Crippen LogP contribution in [0, 0.1) is 5.82 Å². The van der Waals surface area contributed by atoms with Crippen LogP contribution in [0.2, 0.25) is 0 Å². The second kappa shape index (κ2) is 5.64. The minimum atomic E-state index is -0.231. The molecule has 90 valence electrons. The molecule has 0 unspecified atom stereocenters. The molecule has 0 aliphatic heterocycles. The molecule has 0 amide bonds. The Hall–Kier alpha value is -0.610. The monoisotopic (exact) mass is 288 g/mol. The van der Waals surface area contributed by atoms with Crippen molar-refractivity contribution in [2.24, 2.45) is 0 Å². The molecule has 1 aromatic rings. The van der Waals surface area contributed by atoms with Crippen molar-refractivity contribution in [3.8, 4) is 0 Å². The molecule has 4 heteroatoms. The van der Waals surface area contributed by atoms with E-state index in [4.69, 9.17) is 0 Å². The van der Waals surface area contributed by atoms with Crippen molar-refractivity contribution in [2.45, 2.75) is 26.3 Å². The molecule has 0 saturated heterocycles. The highest BCUT2D eigenvalue weighted by Gasteiger charge is 2.07. The zero-order valence-corrected chi connectivity index (χ0v) is 11.5. The van der Waals surface area contributed by atoms with Crippen LogP contribution in [0.5, 0.6) is 0 Å². The highest BCUT2D eigenvalue weighted by Crippen LogP contribution is 2.22. The van der Waals surface area contributed by atoms with E-state index >= 15 is 0 Å². The van der Waals surface area contributed by atoms with Gasteiger partial charge in [0.1, 0.15) is 5.82 Å². The van der Waals surface area contributed by atoms with E-state index in [9.17, 15) is 4.39 Å². The molecule has 0 atom stereocenters. The van der Waals surface area contributed by atoms with Crippen molar-refractivity contribution in [2.75, 3.05) is 18.4 Å². The van der Waals surface area contributed by atoms with Crippen molar-refractivity contribution >= 4 is 21.6 Å². The number of halogens is 2. The standard InChI is InChI=1S/C12H18BrFN2/c1-12(2,3)16-7-6-15-11-5-4-9(14)8-10(11)13/h4-5,8,15-16H,6-7H2,1-3H3. The van der Waals surface area contributed by atoms with Gasteiger partial charge < -0.3 is 10.6 Å². The first-order valence-corrected chi connectivity index (χ1v) is 6.12. The molecular formula is C12H18BrFN2. The van der Waals surface area contributed by atoms with Crippen LogP contribution in [0.25, 0.3) is 0 Å². The third-order valence-corrected chi connectivity index (χ3v) is 2.68. The SMILES string of the molecule is CC(C)(C)NCCNc1ccc(F)cc1Br. The zero-order valence-electron chi connectivity index (χ0n) is 9.90. The van der Waals surface area contributed by atoms with E-state index in [2.05, 4.69) is 47.3 Å². The molecule has 0 saturated carbocycles. The van der Waals surface area contributed by atoms with Gasteiger partial charge in [-0.3, -0.25) is 0 Å². The van der Waals surface area contributed by atoms with Gasteiger partial charge in [-0.05, 0) is 54.9 Å². The molecule has 0 aromatic heterocycles. The number of hydrogen-bond donors (Lipinski definition) is 2. The van der Waals surface area contributed by atoms with Crippen LogP contribution in [0.3, 0.4) is 0 Å². The van der Waals surface area contributed by atoms with Crippen molar-refractivity contribution in [3.05, 3.63) is 28.5 Å². The second-order valence-corrected chi connectivity index (χ2v) is 5.58. The fourth-order valence-corrected chi connectivity index (χ4v) is 1.76. The summed E-state index contributed by atoms with van der Waals surface area (Å²) in [7, 11) is 0. The van der Waals surface area contributed by atoms with Gasteiger partial charge in [0.15, 0.2) is 0 Å². The molecule has 0 aliphatic carbocycles. The fraction of sp³-hybridized carbons (Fsp3) is 0.500. The Balaban J connectivity index is 2.38. The summed E-state index contributed by atoms with van der Waals surface area (Å²) >= 11 is 3.32. The van der Waals surface area contributed by atoms with Crippen LogP contribution < -0.4 is 10.6 Å². The lowest BCUT2D eigenvalue weighted by Gasteiger charge is -2.20. The molecule has 0 fully saturated rings. The van der Waals surface area contributed by atoms with Crippen LogP contribution in [0.4, 0.5) is 10.1 Å². The Morgan fingerprint density at radius 2 is 1.94 bits per heavy atom. The van der Waals surface area contributed by atoms with E-state index < -0.39 is 0 Å². The Morgan fingerprint density at radius 3 is 2.50 bits per heavy atom. The predicted octanol–water partition coefficient (Wildman–Crippen LogP) is 3.39. The topological polar surface area (TPSA) is 24.1 Å². The highest BCUT2D eigenvalue weighted by atomic mass is 79.9. The highest BCUT2D eigenvalue weighted by molar-refractivity contribution is 9.10. The number of anilines is 1. The van der Waals surface area contributed by atoms with E-state index in [0.717, 1.165) is 23.2 Å². The molecule has 0 aliphatic rings. The second-order valence-electron chi connectivity index (χ2n) is 4.73. The van der Waals surface area contributed by atoms with Crippen molar-refractivity contribution < 1.29 is 4.39 Å². The van der Waals surface area contributed by atoms with Gasteiger partial charge in [-0.25, -0.2) is 4.39 Å². The van der Waals surface area contributed by atoms with Crippen LogP contribution in [-0.2, 0) is 0 Å². The molecule has 2 nitrogen and oxygen atoms in total. The number of rotatable bonds is 4. The lowest BCUT2D eigenvalue weighted by atomic mass is 10.1. The Kier molecular flexibility index (Phi) is 4.74. The van der Waals surface area contributed by atoms with E-state index in [0.29, 0.717) is 0 Å². The van der Waals surface area contributed by atoms with Crippen molar-refractivity contribution in [1.29, 1.82) is 0 Å². The number of benzene rings is 1. The quantitative estimate of drug-likeness (QED) is 0.830. The average molecular weight is 289 g/mol. The average Bonchev–Trinajstić information content (AvgIpc) is 2.13. The smallest absolute Gasteiger partial charge is 0.124 e. The van der Waals surface area contributed by atoms with Gasteiger partial charge in [-0.15, -0.1) is 0 Å². The lowest BCUT2D eigenvalue weighted by molar-refractivity contribution is 0.435. The first kappa shape index (κ1) is 13.5. The Labute approximate surface area is 105 Å². The van der Waals surface area contributed by atoms with Gasteiger partial charge in [-0.2, -0.15) is 0 Å². The summed E-state index contributed by atoms with van der Waals surface area (Å²) in [6.45, 7) is 8.05. The Bertz CT molecular complexity index is 347. The van der Waals surface area contributed by atoms with E-state index in [1.165, 1.54) is 12.1 Å². The van der Waals surface area contributed by atoms with Crippen LogP contribution in [-0.4, -0.2) is 18.6 Å². The maximum absolute atomic E-state index is 12.8. The van der Waals surface area contributed by atoms with E-state index in [-0.39, 0.29) is 11.4 Å². The van der Waals surface area contributed by atoms with Gasteiger partial charge in [-0.1, -0.05) is 0 Å². The summed E-state index contributed by atoms with van der Waals surface area (Å²) < 4.78 is 13.6. The van der Waals surface area contributed by atoms with Gasteiger partial charge in [0.2, 0.25) is 0 Å². The minimum Gasteiger partial charge on any atom is -0.383 e. The van der Waals surface area contributed by atoms with Crippen LogP contribution in [0.1, 0.15) is 20.8 Å². The normalized spacial score (nSPS) is 11.6. The largest absolute Gasteiger partial charge is 0.383 e. The van der Waals surface area contributed by atoms with Gasteiger partial charge in [0.25, 0.3) is 0 Å². The maximum atomic E-state index is 12.8. The molecule has 0 heterocycles. The molecule has 1 rings (SSSR count). The first-order valence-electron chi connectivity index (χ1n) is 5.32. The van der Waals surface area contributed by atoms with Crippen molar-refractivity contribution in [3.63, 3.8) is 0 Å². The molecule has 16 heavy (non-hydrogen) atoms. The summed E-state index contributed by atoms with van der Waals surface area (Å²) in [4.78, 5) is 0. The summed E-state index contributed by atoms with van der Waals surface area (Å²) in [5, 5.41) is 6.61. The minimum absolute atomic E-state index is 0.127. The van der Waals surface area contributed by atoms with Crippen LogP contribution >= 0.6 is 15.9 Å². The summed E-state index contributed by atoms with van der Waals surface area (Å²) in [6.07, 6.45) is 0. The maximum Gasteiger partial charge on any atom is 0.124 e. The molecule has 2 N–H and O–H groups in total. The molecule has 0 bridgehead atoms. The van der Waals surface area contributed by atoms with E-state index in [1.54, 1.807) is 6.07 Å². The van der Waals surface area contributed by atoms with Crippen molar-refractivity contribution in [1.82, 2.24) is 5.32 Å². The van der Waals surface area contributed by atoms with Gasteiger partial charge >= 0.3 is 0 Å². The molecule has 0 radical (unpaired) electrons. The van der Waals surface area contributed by atoms with Crippen LogP contribution in [0.15, 0.2) is 22.7 Å². The van der Waals surface area contributed by atoms with E-state index in [1.807, 2.05) is 0 Å². The summed E-state index contributed by atoms with van der Waals surface area (Å²) in [5.41, 5.74) is 1.04. The van der Waals surface area contributed by atoms with Gasteiger partial charge in [0, 0.05) is 28.8 Å².